The first kappa shape index (κ1) is 17.7. The van der Waals surface area contributed by atoms with Crippen LogP contribution < -0.4 is 5.32 Å². The highest BCUT2D eigenvalue weighted by Gasteiger charge is 2.11. The Balaban J connectivity index is 2.00. The Bertz CT molecular complexity index is 775. The number of nitrogens with zero attached hydrogens (tertiary/aromatic N) is 2. The molecule has 6 nitrogen and oxygen atoms in total. The molecule has 2 aromatic rings. The van der Waals surface area contributed by atoms with Crippen molar-refractivity contribution in [2.45, 2.75) is 13.8 Å². The molecule has 0 aliphatic carbocycles. The van der Waals surface area contributed by atoms with E-state index in [9.17, 15) is 9.59 Å². The summed E-state index contributed by atoms with van der Waals surface area (Å²) in [6, 6.07) is 8.97. The predicted molar refractivity (Wildman–Crippen MR) is 92.7 cm³/mol. The average Bonchev–Trinajstić information content (AvgIpc) is 2.86. The van der Waals surface area contributed by atoms with E-state index < -0.39 is 11.9 Å². The van der Waals surface area contributed by atoms with Gasteiger partial charge in [-0.05, 0) is 26.0 Å². The number of benzene rings is 1. The number of hydrogen-bond donors (Lipinski definition) is 1. The van der Waals surface area contributed by atoms with Crippen molar-refractivity contribution < 1.29 is 14.3 Å². The summed E-state index contributed by atoms with van der Waals surface area (Å²) in [4.78, 5) is 23.3. The summed E-state index contributed by atoms with van der Waals surface area (Å²) in [6.45, 7) is 3.19. The number of amides is 1. The number of halogens is 1. The lowest BCUT2D eigenvalue weighted by atomic mass is 10.1. The third kappa shape index (κ3) is 4.96. The first-order chi connectivity index (χ1) is 11.3. The van der Waals surface area contributed by atoms with Crippen molar-refractivity contribution >= 4 is 29.3 Å². The largest absolute Gasteiger partial charge is 0.452 e. The molecule has 0 unspecified atom stereocenters. The van der Waals surface area contributed by atoms with E-state index >= 15 is 0 Å². The van der Waals surface area contributed by atoms with E-state index in [1.807, 2.05) is 12.1 Å². The Labute approximate surface area is 145 Å². The minimum Gasteiger partial charge on any atom is -0.452 e. The van der Waals surface area contributed by atoms with Crippen LogP contribution in [-0.2, 0) is 21.4 Å². The van der Waals surface area contributed by atoms with Crippen molar-refractivity contribution in [2.24, 2.45) is 7.05 Å². The minimum atomic E-state index is -0.544. The van der Waals surface area contributed by atoms with Crippen LogP contribution >= 0.6 is 11.6 Å². The number of rotatable bonds is 5. The number of nitrogens with one attached hydrogen (secondary N) is 1. The van der Waals surface area contributed by atoms with E-state index in [-0.39, 0.29) is 6.61 Å². The van der Waals surface area contributed by atoms with Gasteiger partial charge >= 0.3 is 5.97 Å². The summed E-state index contributed by atoms with van der Waals surface area (Å²) in [5, 5.41) is 7.64. The van der Waals surface area contributed by atoms with E-state index in [1.165, 1.54) is 6.08 Å². The van der Waals surface area contributed by atoms with Crippen molar-refractivity contribution in [2.75, 3.05) is 11.9 Å². The molecule has 1 aromatic heterocycles. The van der Waals surface area contributed by atoms with Gasteiger partial charge in [0.25, 0.3) is 5.91 Å². The van der Waals surface area contributed by atoms with Crippen LogP contribution in [0.5, 0.6) is 0 Å². The molecular weight excluding hydrogens is 330 g/mol. The maximum atomic E-state index is 11.9. The highest BCUT2D eigenvalue weighted by molar-refractivity contribution is 6.30. The van der Waals surface area contributed by atoms with Crippen LogP contribution in [-0.4, -0.2) is 28.3 Å². The highest BCUT2D eigenvalue weighted by atomic mass is 35.5. The molecule has 24 heavy (non-hydrogen) atoms. The molecule has 1 heterocycles. The first-order valence-corrected chi connectivity index (χ1v) is 7.64. The van der Waals surface area contributed by atoms with E-state index in [1.54, 1.807) is 43.8 Å². The molecule has 2 rings (SSSR count). The molecule has 0 fully saturated rings. The Morgan fingerprint density at radius 1 is 1.29 bits per heavy atom. The lowest BCUT2D eigenvalue weighted by molar-refractivity contribution is -0.142. The number of aromatic nitrogens is 2. The number of esters is 1. The smallest absolute Gasteiger partial charge is 0.331 e. The zero-order valence-electron chi connectivity index (χ0n) is 13.7. The number of carbonyl (C=O) groups is 2. The predicted octanol–water partition coefficient (Wildman–Crippen LogP) is 3.19. The van der Waals surface area contributed by atoms with Gasteiger partial charge in [-0.1, -0.05) is 29.3 Å². The molecule has 1 amide bonds. The second-order valence-corrected chi connectivity index (χ2v) is 5.86. The maximum absolute atomic E-state index is 11.9. The van der Waals surface area contributed by atoms with Crippen molar-refractivity contribution in [1.29, 1.82) is 0 Å². The SMILES string of the molecule is CC(C)=CC(=O)OCC(=O)Nc1cc(-c2ccc(Cl)cc2)nn1C. The lowest BCUT2D eigenvalue weighted by Gasteiger charge is -2.05. The topological polar surface area (TPSA) is 73.2 Å². The second kappa shape index (κ2) is 7.79. The van der Waals surface area contributed by atoms with Gasteiger partial charge in [-0.2, -0.15) is 5.10 Å². The van der Waals surface area contributed by atoms with Crippen LogP contribution in [0.4, 0.5) is 5.82 Å². The van der Waals surface area contributed by atoms with Gasteiger partial charge in [-0.25, -0.2) is 4.79 Å². The van der Waals surface area contributed by atoms with Gasteiger partial charge < -0.3 is 10.1 Å². The van der Waals surface area contributed by atoms with Crippen molar-refractivity contribution in [3.8, 4) is 11.3 Å². The van der Waals surface area contributed by atoms with Crippen LogP contribution in [0.1, 0.15) is 13.8 Å². The number of aryl methyl sites for hydroxylation is 1. The summed E-state index contributed by atoms with van der Waals surface area (Å²) >= 11 is 5.87. The average molecular weight is 348 g/mol. The summed E-state index contributed by atoms with van der Waals surface area (Å²) in [5.41, 5.74) is 2.39. The Morgan fingerprint density at radius 2 is 1.96 bits per heavy atom. The molecule has 0 radical (unpaired) electrons. The fourth-order valence-corrected chi connectivity index (χ4v) is 2.06. The van der Waals surface area contributed by atoms with E-state index in [0.717, 1.165) is 11.1 Å². The standard InChI is InChI=1S/C17H18ClN3O3/c1-11(2)8-17(23)24-10-16(22)19-15-9-14(20-21(15)3)12-4-6-13(18)7-5-12/h4-9H,10H2,1-3H3,(H,19,22). The van der Waals surface area contributed by atoms with E-state index in [4.69, 9.17) is 16.3 Å². The van der Waals surface area contributed by atoms with E-state index in [0.29, 0.717) is 16.5 Å². The van der Waals surface area contributed by atoms with Gasteiger partial charge in [0.05, 0.1) is 5.69 Å². The fraction of sp³-hybridized carbons (Fsp3) is 0.235. The van der Waals surface area contributed by atoms with Crippen LogP contribution in [0.2, 0.25) is 5.02 Å². The molecule has 126 valence electrons. The Hall–Kier alpha value is -2.60. The normalized spacial score (nSPS) is 10.2. The summed E-state index contributed by atoms with van der Waals surface area (Å²) < 4.78 is 6.40. The van der Waals surface area contributed by atoms with E-state index in [2.05, 4.69) is 10.4 Å². The fourth-order valence-electron chi connectivity index (χ4n) is 1.94. The van der Waals surface area contributed by atoms with Crippen molar-refractivity contribution in [3.05, 3.63) is 47.0 Å². The van der Waals surface area contributed by atoms with Gasteiger partial charge in [-0.3, -0.25) is 9.48 Å². The second-order valence-electron chi connectivity index (χ2n) is 5.42. The number of hydrogen-bond acceptors (Lipinski definition) is 4. The zero-order chi connectivity index (χ0) is 17.7. The Kier molecular flexibility index (Phi) is 5.76. The summed E-state index contributed by atoms with van der Waals surface area (Å²) in [6.07, 6.45) is 1.33. The zero-order valence-corrected chi connectivity index (χ0v) is 14.4. The van der Waals surface area contributed by atoms with Crippen molar-refractivity contribution in [1.82, 2.24) is 9.78 Å². The third-order valence-corrected chi connectivity index (χ3v) is 3.29. The molecule has 0 saturated carbocycles. The molecule has 0 aliphatic rings. The molecule has 1 N–H and O–H groups in total. The highest BCUT2D eigenvalue weighted by Crippen LogP contribution is 2.22. The lowest BCUT2D eigenvalue weighted by Crippen LogP contribution is -2.21. The molecular formula is C17H18ClN3O3. The summed E-state index contributed by atoms with van der Waals surface area (Å²) in [7, 11) is 1.71. The number of allylic oxidation sites excluding steroid dienone is 1. The van der Waals surface area contributed by atoms with Crippen LogP contribution in [0.15, 0.2) is 42.0 Å². The van der Waals surface area contributed by atoms with Gasteiger partial charge in [0.1, 0.15) is 5.82 Å². The van der Waals surface area contributed by atoms with Gasteiger partial charge in [0, 0.05) is 29.8 Å². The molecule has 0 aliphatic heterocycles. The van der Waals surface area contributed by atoms with Crippen LogP contribution in [0.25, 0.3) is 11.3 Å². The first-order valence-electron chi connectivity index (χ1n) is 7.26. The molecule has 0 spiro atoms. The van der Waals surface area contributed by atoms with Gasteiger partial charge in [-0.15, -0.1) is 0 Å². The number of anilines is 1. The molecule has 7 heteroatoms. The van der Waals surface area contributed by atoms with Crippen LogP contribution in [0, 0.1) is 0 Å². The molecule has 0 atom stereocenters. The quantitative estimate of drug-likeness (QED) is 0.666. The van der Waals surface area contributed by atoms with Gasteiger partial charge in [0.2, 0.25) is 0 Å². The third-order valence-electron chi connectivity index (χ3n) is 3.04. The Morgan fingerprint density at radius 3 is 2.58 bits per heavy atom. The van der Waals surface area contributed by atoms with Crippen molar-refractivity contribution in [3.63, 3.8) is 0 Å². The molecule has 0 saturated heterocycles. The molecule has 1 aromatic carbocycles. The minimum absolute atomic E-state index is 0.357. The number of ether oxygens (including phenoxy) is 1. The van der Waals surface area contributed by atoms with Crippen LogP contribution in [0.3, 0.4) is 0 Å². The van der Waals surface area contributed by atoms with Gasteiger partial charge in [0.15, 0.2) is 6.61 Å². The maximum Gasteiger partial charge on any atom is 0.331 e. The summed E-state index contributed by atoms with van der Waals surface area (Å²) in [5.74, 6) is -0.476. The number of carbonyl (C=O) groups excluding carboxylic acids is 2. The molecule has 0 bridgehead atoms. The monoisotopic (exact) mass is 347 g/mol.